The van der Waals surface area contributed by atoms with Crippen molar-refractivity contribution in [2.75, 3.05) is 11.9 Å². The van der Waals surface area contributed by atoms with Gasteiger partial charge in [0, 0.05) is 17.8 Å². The molecule has 2 aromatic rings. The van der Waals surface area contributed by atoms with Gasteiger partial charge in [0.2, 0.25) is 10.0 Å². The SMILES string of the molecule is CCCNS(=O)(=O)c1ccc(C(=O)Nc2cc(C)c(C)[nH]c2=O)cc1. The summed E-state index contributed by atoms with van der Waals surface area (Å²) in [5, 5.41) is 2.54. The molecule has 0 aliphatic heterocycles. The van der Waals surface area contributed by atoms with E-state index in [9.17, 15) is 18.0 Å². The fraction of sp³-hybridized carbons (Fsp3) is 0.294. The zero-order chi connectivity index (χ0) is 18.6. The number of hydrogen-bond acceptors (Lipinski definition) is 4. The number of anilines is 1. The Hall–Kier alpha value is -2.45. The maximum Gasteiger partial charge on any atom is 0.271 e. The van der Waals surface area contributed by atoms with Gasteiger partial charge in [-0.3, -0.25) is 9.59 Å². The molecule has 0 fully saturated rings. The Bertz CT molecular complexity index is 931. The van der Waals surface area contributed by atoms with Crippen molar-refractivity contribution in [3.8, 4) is 0 Å². The maximum absolute atomic E-state index is 12.3. The largest absolute Gasteiger partial charge is 0.324 e. The van der Waals surface area contributed by atoms with Gasteiger partial charge in [0.05, 0.1) is 4.90 Å². The van der Waals surface area contributed by atoms with Crippen LogP contribution in [0.15, 0.2) is 40.0 Å². The smallest absolute Gasteiger partial charge is 0.271 e. The standard InChI is InChI=1S/C17H21N3O4S/c1-4-9-18-25(23,24)14-7-5-13(6-8-14)16(21)20-15-10-11(2)12(3)19-17(15)22/h5-8,10,18H,4,9H2,1-3H3,(H,19,22)(H,20,21). The number of carbonyl (C=O) groups excluding carboxylic acids is 1. The van der Waals surface area contributed by atoms with E-state index in [2.05, 4.69) is 15.0 Å². The first-order valence-electron chi connectivity index (χ1n) is 7.86. The third kappa shape index (κ3) is 4.55. The second-order valence-corrected chi connectivity index (χ2v) is 7.46. The molecule has 2 rings (SSSR count). The van der Waals surface area contributed by atoms with Crippen LogP contribution in [0.3, 0.4) is 0 Å². The highest BCUT2D eigenvalue weighted by Gasteiger charge is 2.15. The fourth-order valence-corrected chi connectivity index (χ4v) is 3.25. The molecule has 0 unspecified atom stereocenters. The minimum Gasteiger partial charge on any atom is -0.324 e. The van der Waals surface area contributed by atoms with Crippen molar-refractivity contribution in [2.24, 2.45) is 0 Å². The zero-order valence-electron chi connectivity index (χ0n) is 14.3. The van der Waals surface area contributed by atoms with Crippen LogP contribution in [0.4, 0.5) is 5.69 Å². The molecule has 25 heavy (non-hydrogen) atoms. The molecule has 3 N–H and O–H groups in total. The molecule has 0 aliphatic rings. The van der Waals surface area contributed by atoms with Gasteiger partial charge in [0.25, 0.3) is 11.5 Å². The molecule has 0 aliphatic carbocycles. The van der Waals surface area contributed by atoms with Crippen LogP contribution >= 0.6 is 0 Å². The average molecular weight is 363 g/mol. The van der Waals surface area contributed by atoms with Crippen LogP contribution in [0.1, 0.15) is 35.0 Å². The molecule has 0 spiro atoms. The summed E-state index contributed by atoms with van der Waals surface area (Å²) in [6.45, 7) is 5.81. The molecule has 1 amide bonds. The van der Waals surface area contributed by atoms with E-state index in [0.717, 1.165) is 11.3 Å². The molecular formula is C17H21N3O4S. The summed E-state index contributed by atoms with van der Waals surface area (Å²) in [5.74, 6) is -0.487. The van der Waals surface area contributed by atoms with E-state index in [-0.39, 0.29) is 21.7 Å². The molecule has 1 aromatic heterocycles. The van der Waals surface area contributed by atoms with E-state index in [0.29, 0.717) is 13.0 Å². The number of benzene rings is 1. The van der Waals surface area contributed by atoms with E-state index in [1.165, 1.54) is 24.3 Å². The Labute approximate surface area is 146 Å². The lowest BCUT2D eigenvalue weighted by molar-refractivity contribution is 0.102. The minimum absolute atomic E-state index is 0.0847. The Morgan fingerprint density at radius 3 is 2.40 bits per heavy atom. The van der Waals surface area contributed by atoms with Gasteiger partial charge in [-0.2, -0.15) is 0 Å². The van der Waals surface area contributed by atoms with Crippen molar-refractivity contribution in [3.63, 3.8) is 0 Å². The molecule has 1 aromatic carbocycles. The summed E-state index contributed by atoms with van der Waals surface area (Å²) in [7, 11) is -3.58. The first-order valence-corrected chi connectivity index (χ1v) is 9.34. The minimum atomic E-state index is -3.58. The number of hydrogen-bond donors (Lipinski definition) is 3. The van der Waals surface area contributed by atoms with Crippen molar-refractivity contribution in [2.45, 2.75) is 32.1 Å². The lowest BCUT2D eigenvalue weighted by atomic mass is 10.2. The predicted octanol–water partition coefficient (Wildman–Crippen LogP) is 1.93. The maximum atomic E-state index is 12.3. The highest BCUT2D eigenvalue weighted by Crippen LogP contribution is 2.13. The third-order valence-corrected chi connectivity index (χ3v) is 5.19. The first-order chi connectivity index (χ1) is 11.7. The van der Waals surface area contributed by atoms with Gasteiger partial charge < -0.3 is 10.3 Å². The second-order valence-electron chi connectivity index (χ2n) is 5.70. The van der Waals surface area contributed by atoms with E-state index < -0.39 is 15.9 Å². The van der Waals surface area contributed by atoms with Crippen LogP contribution in [0.2, 0.25) is 0 Å². The highest BCUT2D eigenvalue weighted by atomic mass is 32.2. The van der Waals surface area contributed by atoms with Crippen molar-refractivity contribution in [3.05, 3.63) is 57.5 Å². The summed E-state index contributed by atoms with van der Waals surface area (Å²) in [6.07, 6.45) is 0.685. The number of nitrogens with one attached hydrogen (secondary N) is 3. The molecule has 0 radical (unpaired) electrons. The van der Waals surface area contributed by atoms with Crippen LogP contribution in [0, 0.1) is 13.8 Å². The van der Waals surface area contributed by atoms with Crippen molar-refractivity contribution in [1.29, 1.82) is 0 Å². The number of H-pyrrole nitrogens is 1. The molecule has 0 saturated heterocycles. The second kappa shape index (κ2) is 7.62. The normalized spacial score (nSPS) is 11.3. The van der Waals surface area contributed by atoms with Crippen molar-refractivity contribution < 1.29 is 13.2 Å². The number of amides is 1. The molecule has 0 atom stereocenters. The molecular weight excluding hydrogens is 342 g/mol. The Balaban J connectivity index is 2.19. The summed E-state index contributed by atoms with van der Waals surface area (Å²) in [4.78, 5) is 26.9. The van der Waals surface area contributed by atoms with Crippen molar-refractivity contribution in [1.82, 2.24) is 9.71 Å². The molecule has 7 nitrogen and oxygen atoms in total. The number of sulfonamides is 1. The number of rotatable bonds is 6. The van der Waals surface area contributed by atoms with E-state index in [1.54, 1.807) is 13.0 Å². The number of pyridine rings is 1. The summed E-state index contributed by atoms with van der Waals surface area (Å²) in [5.41, 5.74) is 1.59. The monoisotopic (exact) mass is 363 g/mol. The molecule has 1 heterocycles. The van der Waals surface area contributed by atoms with Crippen LogP contribution in [-0.4, -0.2) is 25.9 Å². The van der Waals surface area contributed by atoms with Gasteiger partial charge in [0.15, 0.2) is 0 Å². The van der Waals surface area contributed by atoms with Gasteiger partial charge in [-0.1, -0.05) is 6.92 Å². The quantitative estimate of drug-likeness (QED) is 0.729. The Kier molecular flexibility index (Phi) is 5.76. The van der Waals surface area contributed by atoms with Gasteiger partial charge in [-0.25, -0.2) is 13.1 Å². The number of carbonyl (C=O) groups is 1. The molecule has 0 bridgehead atoms. The topological polar surface area (TPSA) is 108 Å². The highest BCUT2D eigenvalue weighted by molar-refractivity contribution is 7.89. The predicted molar refractivity (Wildman–Crippen MR) is 96.4 cm³/mol. The van der Waals surface area contributed by atoms with Gasteiger partial charge in [-0.15, -0.1) is 0 Å². The van der Waals surface area contributed by atoms with Crippen LogP contribution < -0.4 is 15.6 Å². The number of aromatic amines is 1. The Morgan fingerprint density at radius 2 is 1.80 bits per heavy atom. The summed E-state index contributed by atoms with van der Waals surface area (Å²) < 4.78 is 26.5. The van der Waals surface area contributed by atoms with Crippen molar-refractivity contribution >= 4 is 21.6 Å². The van der Waals surface area contributed by atoms with Gasteiger partial charge in [-0.05, 0) is 56.2 Å². The summed E-state index contributed by atoms with van der Waals surface area (Å²) in [6, 6.07) is 7.13. The number of aryl methyl sites for hydroxylation is 2. The van der Waals surface area contributed by atoms with Gasteiger partial charge in [0.1, 0.15) is 5.69 Å². The Morgan fingerprint density at radius 1 is 1.16 bits per heavy atom. The van der Waals surface area contributed by atoms with Gasteiger partial charge >= 0.3 is 0 Å². The van der Waals surface area contributed by atoms with Crippen LogP contribution in [0.5, 0.6) is 0 Å². The van der Waals surface area contributed by atoms with E-state index >= 15 is 0 Å². The van der Waals surface area contributed by atoms with E-state index in [4.69, 9.17) is 0 Å². The lowest BCUT2D eigenvalue weighted by Gasteiger charge is -2.08. The fourth-order valence-electron chi connectivity index (χ4n) is 2.12. The first kappa shape index (κ1) is 18.9. The van der Waals surface area contributed by atoms with Crippen LogP contribution in [-0.2, 0) is 10.0 Å². The van der Waals surface area contributed by atoms with Crippen LogP contribution in [0.25, 0.3) is 0 Å². The zero-order valence-corrected chi connectivity index (χ0v) is 15.2. The molecule has 8 heteroatoms. The van der Waals surface area contributed by atoms with E-state index in [1.807, 2.05) is 13.8 Å². The molecule has 0 saturated carbocycles. The average Bonchev–Trinajstić information content (AvgIpc) is 2.58. The number of aromatic nitrogens is 1. The summed E-state index contributed by atoms with van der Waals surface area (Å²) >= 11 is 0. The third-order valence-electron chi connectivity index (χ3n) is 3.72. The lowest BCUT2D eigenvalue weighted by Crippen LogP contribution is -2.24. The molecule has 134 valence electrons.